The Kier molecular flexibility index (Phi) is 4.94. The van der Waals surface area contributed by atoms with E-state index in [0.29, 0.717) is 0 Å². The van der Waals surface area contributed by atoms with Crippen molar-refractivity contribution < 1.29 is 14.4 Å². The molecular formula is C7H11N3O3. The molecule has 0 radical (unpaired) electrons. The molecule has 72 valence electrons. The van der Waals surface area contributed by atoms with Crippen molar-refractivity contribution in [1.29, 1.82) is 0 Å². The molecule has 6 heteroatoms. The first-order valence-electron chi connectivity index (χ1n) is 3.51. The molecule has 0 aliphatic carbocycles. The van der Waals surface area contributed by atoms with Gasteiger partial charge in [-0.1, -0.05) is 6.58 Å². The van der Waals surface area contributed by atoms with E-state index in [0.717, 1.165) is 6.08 Å². The maximum atomic E-state index is 10.8. The lowest BCUT2D eigenvalue weighted by atomic mass is 10.5. The van der Waals surface area contributed by atoms with Crippen LogP contribution in [-0.2, 0) is 14.4 Å². The van der Waals surface area contributed by atoms with Gasteiger partial charge in [-0.15, -0.1) is 0 Å². The van der Waals surface area contributed by atoms with Crippen LogP contribution in [0.4, 0.5) is 0 Å². The van der Waals surface area contributed by atoms with E-state index in [1.807, 2.05) is 0 Å². The summed E-state index contributed by atoms with van der Waals surface area (Å²) < 4.78 is 0. The smallest absolute Gasteiger partial charge is 0.243 e. The van der Waals surface area contributed by atoms with Gasteiger partial charge in [0.15, 0.2) is 0 Å². The zero-order chi connectivity index (χ0) is 10.3. The minimum atomic E-state index is -0.636. The number of hydrogen-bond donors (Lipinski definition) is 3. The molecule has 0 spiro atoms. The molecule has 0 aromatic carbocycles. The van der Waals surface area contributed by atoms with Gasteiger partial charge in [-0.3, -0.25) is 14.4 Å². The standard InChI is InChI=1S/C7H11N3O3/c1-2-6(12)10-4-7(13)9-3-5(8)11/h2H,1,3-4H2,(H2,8,11)(H,9,13)(H,10,12). The van der Waals surface area contributed by atoms with Crippen LogP contribution in [0.2, 0.25) is 0 Å². The highest BCUT2D eigenvalue weighted by atomic mass is 16.2. The van der Waals surface area contributed by atoms with Crippen molar-refractivity contribution in [2.24, 2.45) is 5.73 Å². The summed E-state index contributed by atoms with van der Waals surface area (Å²) in [6.45, 7) is 2.77. The van der Waals surface area contributed by atoms with Crippen molar-refractivity contribution in [2.75, 3.05) is 13.1 Å². The van der Waals surface area contributed by atoms with Crippen LogP contribution >= 0.6 is 0 Å². The second-order valence-electron chi connectivity index (χ2n) is 2.16. The lowest BCUT2D eigenvalue weighted by Gasteiger charge is -2.02. The van der Waals surface area contributed by atoms with Crippen LogP contribution in [0.15, 0.2) is 12.7 Å². The van der Waals surface area contributed by atoms with Crippen LogP contribution < -0.4 is 16.4 Å². The Morgan fingerprint density at radius 2 is 1.85 bits per heavy atom. The van der Waals surface area contributed by atoms with Gasteiger partial charge in [0.25, 0.3) is 0 Å². The van der Waals surface area contributed by atoms with Gasteiger partial charge in [-0.05, 0) is 6.08 Å². The lowest BCUT2D eigenvalue weighted by Crippen LogP contribution is -2.40. The van der Waals surface area contributed by atoms with Crippen molar-refractivity contribution in [1.82, 2.24) is 10.6 Å². The topological polar surface area (TPSA) is 101 Å². The van der Waals surface area contributed by atoms with Gasteiger partial charge in [-0.25, -0.2) is 0 Å². The number of nitrogens with two attached hydrogens (primary N) is 1. The monoisotopic (exact) mass is 185 g/mol. The molecule has 0 aromatic heterocycles. The Bertz CT molecular complexity index is 237. The molecule has 0 saturated heterocycles. The molecule has 6 nitrogen and oxygen atoms in total. The summed E-state index contributed by atoms with van der Waals surface area (Å²) in [4.78, 5) is 31.6. The van der Waals surface area contributed by atoms with Gasteiger partial charge in [0, 0.05) is 0 Å². The number of carbonyl (C=O) groups is 3. The van der Waals surface area contributed by atoms with E-state index in [2.05, 4.69) is 17.2 Å². The fraction of sp³-hybridized carbons (Fsp3) is 0.286. The van der Waals surface area contributed by atoms with E-state index in [-0.39, 0.29) is 13.1 Å². The maximum absolute atomic E-state index is 10.8. The van der Waals surface area contributed by atoms with E-state index in [1.54, 1.807) is 0 Å². The molecule has 0 aliphatic heterocycles. The minimum absolute atomic E-state index is 0.196. The first-order valence-corrected chi connectivity index (χ1v) is 3.51. The zero-order valence-corrected chi connectivity index (χ0v) is 7.00. The van der Waals surface area contributed by atoms with Crippen LogP contribution in [0, 0.1) is 0 Å². The molecule has 4 N–H and O–H groups in total. The number of amides is 3. The van der Waals surface area contributed by atoms with Crippen molar-refractivity contribution in [3.05, 3.63) is 12.7 Å². The van der Waals surface area contributed by atoms with Crippen molar-refractivity contribution in [3.8, 4) is 0 Å². The Balaban J connectivity index is 3.57. The van der Waals surface area contributed by atoms with E-state index >= 15 is 0 Å². The second kappa shape index (κ2) is 5.76. The molecule has 13 heavy (non-hydrogen) atoms. The van der Waals surface area contributed by atoms with Crippen molar-refractivity contribution >= 4 is 17.7 Å². The molecule has 0 aromatic rings. The van der Waals surface area contributed by atoms with Crippen LogP contribution in [0.5, 0.6) is 0 Å². The quantitative estimate of drug-likeness (QED) is 0.427. The van der Waals surface area contributed by atoms with Crippen molar-refractivity contribution in [2.45, 2.75) is 0 Å². The first-order chi connectivity index (χ1) is 6.06. The summed E-state index contributed by atoms with van der Waals surface area (Å²) in [7, 11) is 0. The first kappa shape index (κ1) is 11.2. The molecule has 0 atom stereocenters. The average molecular weight is 185 g/mol. The highest BCUT2D eigenvalue weighted by molar-refractivity contribution is 5.91. The van der Waals surface area contributed by atoms with E-state index < -0.39 is 17.7 Å². The molecule has 0 fully saturated rings. The van der Waals surface area contributed by atoms with Gasteiger partial charge < -0.3 is 16.4 Å². The number of carbonyl (C=O) groups excluding carboxylic acids is 3. The molecule has 3 amide bonds. The summed E-state index contributed by atoms with van der Waals surface area (Å²) in [5.41, 5.74) is 4.77. The molecular weight excluding hydrogens is 174 g/mol. The summed E-state index contributed by atoms with van der Waals surface area (Å²) >= 11 is 0. The van der Waals surface area contributed by atoms with Gasteiger partial charge in [-0.2, -0.15) is 0 Å². The highest BCUT2D eigenvalue weighted by Gasteiger charge is 2.02. The Labute approximate surface area is 75.2 Å². The zero-order valence-electron chi connectivity index (χ0n) is 7.00. The number of rotatable bonds is 5. The normalized spacial score (nSPS) is 8.62. The largest absolute Gasteiger partial charge is 0.368 e. The molecule has 0 saturated carbocycles. The van der Waals surface area contributed by atoms with Crippen LogP contribution in [0.3, 0.4) is 0 Å². The van der Waals surface area contributed by atoms with Gasteiger partial charge in [0.05, 0.1) is 13.1 Å². The van der Waals surface area contributed by atoms with Gasteiger partial charge in [0.2, 0.25) is 17.7 Å². The summed E-state index contributed by atoms with van der Waals surface area (Å²) in [5.74, 6) is -1.56. The number of nitrogens with one attached hydrogen (secondary N) is 2. The second-order valence-corrected chi connectivity index (χ2v) is 2.16. The van der Waals surface area contributed by atoms with Crippen LogP contribution in [-0.4, -0.2) is 30.8 Å². The SMILES string of the molecule is C=CC(=O)NCC(=O)NCC(N)=O. The molecule has 0 unspecified atom stereocenters. The maximum Gasteiger partial charge on any atom is 0.243 e. The Hall–Kier alpha value is -1.85. The molecule has 0 rings (SSSR count). The third-order valence-corrected chi connectivity index (χ3v) is 1.07. The molecule has 0 heterocycles. The molecule has 0 aliphatic rings. The summed E-state index contributed by atoms with van der Waals surface area (Å²) in [6, 6.07) is 0. The van der Waals surface area contributed by atoms with Gasteiger partial charge >= 0.3 is 0 Å². The molecule has 0 bridgehead atoms. The van der Waals surface area contributed by atoms with Crippen LogP contribution in [0.1, 0.15) is 0 Å². The predicted octanol–water partition coefficient (Wildman–Crippen LogP) is -2.11. The Morgan fingerprint density at radius 3 is 2.31 bits per heavy atom. The average Bonchev–Trinajstić information content (AvgIpc) is 2.10. The van der Waals surface area contributed by atoms with Crippen molar-refractivity contribution in [3.63, 3.8) is 0 Å². The van der Waals surface area contributed by atoms with E-state index in [9.17, 15) is 14.4 Å². The lowest BCUT2D eigenvalue weighted by molar-refractivity contribution is -0.125. The Morgan fingerprint density at radius 1 is 1.23 bits per heavy atom. The minimum Gasteiger partial charge on any atom is -0.368 e. The highest BCUT2D eigenvalue weighted by Crippen LogP contribution is 1.67. The van der Waals surface area contributed by atoms with Crippen LogP contribution in [0.25, 0.3) is 0 Å². The summed E-state index contributed by atoms with van der Waals surface area (Å²) in [5, 5.41) is 4.43. The third-order valence-electron chi connectivity index (χ3n) is 1.07. The third kappa shape index (κ3) is 6.54. The van der Waals surface area contributed by atoms with E-state index in [4.69, 9.17) is 5.73 Å². The predicted molar refractivity (Wildman–Crippen MR) is 45.4 cm³/mol. The fourth-order valence-electron chi connectivity index (χ4n) is 0.488. The summed E-state index contributed by atoms with van der Waals surface area (Å²) in [6.07, 6.45) is 1.04. The van der Waals surface area contributed by atoms with E-state index in [1.165, 1.54) is 0 Å². The van der Waals surface area contributed by atoms with Gasteiger partial charge in [0.1, 0.15) is 0 Å². The number of hydrogen-bond acceptors (Lipinski definition) is 3. The fourth-order valence-corrected chi connectivity index (χ4v) is 0.488. The number of primary amides is 1.